The molecule has 11 aromatic rings. The third-order valence-electron chi connectivity index (χ3n) is 12.0. The van der Waals surface area contributed by atoms with Gasteiger partial charge in [-0.3, -0.25) is 0 Å². The van der Waals surface area contributed by atoms with E-state index in [0.717, 1.165) is 21.9 Å². The second-order valence-electron chi connectivity index (χ2n) is 15.7. The van der Waals surface area contributed by atoms with Gasteiger partial charge in [0.15, 0.2) is 0 Å². The van der Waals surface area contributed by atoms with Crippen LogP contribution in [0.25, 0.3) is 88.3 Å². The predicted molar refractivity (Wildman–Crippen MR) is 252 cm³/mol. The molecule has 0 saturated heterocycles. The van der Waals surface area contributed by atoms with Crippen molar-refractivity contribution < 1.29 is 4.42 Å². The summed E-state index contributed by atoms with van der Waals surface area (Å²) in [4.78, 5) is 0. The van der Waals surface area contributed by atoms with Crippen molar-refractivity contribution in [3.63, 3.8) is 0 Å². The van der Waals surface area contributed by atoms with Crippen LogP contribution in [0, 0.1) is 0 Å². The Hall–Kier alpha value is -7.74. The Labute approximate surface area is 350 Å². The third kappa shape index (κ3) is 6.67. The van der Waals surface area contributed by atoms with Gasteiger partial charge in [-0.05, 0) is 107 Å². The van der Waals surface area contributed by atoms with Gasteiger partial charge >= 0.3 is 0 Å². The SMILES string of the molecule is c1ccc(-c2cccc(-c3ccc(C(c4ccc(-c5cccc6ccccc56)cc4)c4cccc(-c5ccc(-c6ccc7oc8ccccc8c7c6)cc5)c4)cc3)c2)cc1. The van der Waals surface area contributed by atoms with Crippen molar-refractivity contribution in [1.29, 1.82) is 0 Å². The van der Waals surface area contributed by atoms with Gasteiger partial charge in [0.05, 0.1) is 0 Å². The number of fused-ring (bicyclic) bond motifs is 4. The molecule has 0 spiro atoms. The molecule has 0 radical (unpaired) electrons. The van der Waals surface area contributed by atoms with Gasteiger partial charge in [0, 0.05) is 16.7 Å². The van der Waals surface area contributed by atoms with Crippen molar-refractivity contribution in [2.75, 3.05) is 0 Å². The van der Waals surface area contributed by atoms with E-state index in [9.17, 15) is 0 Å². The molecule has 1 nitrogen and oxygen atoms in total. The molecule has 0 saturated carbocycles. The lowest BCUT2D eigenvalue weighted by Crippen LogP contribution is -2.04. The fraction of sp³-hybridized carbons (Fsp3) is 0.0169. The van der Waals surface area contributed by atoms with E-state index < -0.39 is 0 Å². The molecule has 0 aliphatic carbocycles. The van der Waals surface area contributed by atoms with Gasteiger partial charge in [-0.1, -0.05) is 212 Å². The van der Waals surface area contributed by atoms with Crippen molar-refractivity contribution in [2.24, 2.45) is 0 Å². The van der Waals surface area contributed by atoms with Crippen molar-refractivity contribution in [3.8, 4) is 55.6 Å². The minimum absolute atomic E-state index is 0.0343. The Morgan fingerprint density at radius 1 is 0.250 bits per heavy atom. The average Bonchev–Trinajstić information content (AvgIpc) is 3.70. The molecule has 282 valence electrons. The first-order valence-electron chi connectivity index (χ1n) is 20.7. The van der Waals surface area contributed by atoms with E-state index in [1.807, 2.05) is 12.1 Å². The summed E-state index contributed by atoms with van der Waals surface area (Å²) in [6, 6.07) is 85.9. The average molecular weight is 765 g/mol. The lowest BCUT2D eigenvalue weighted by molar-refractivity contribution is 0.669. The molecular formula is C59H40O. The summed E-state index contributed by atoms with van der Waals surface area (Å²) in [5, 5.41) is 4.81. The van der Waals surface area contributed by atoms with Gasteiger partial charge in [-0.2, -0.15) is 0 Å². The summed E-state index contributed by atoms with van der Waals surface area (Å²) in [7, 11) is 0. The molecule has 0 amide bonds. The maximum atomic E-state index is 6.10. The topological polar surface area (TPSA) is 13.1 Å². The highest BCUT2D eigenvalue weighted by Crippen LogP contribution is 2.39. The Morgan fingerprint density at radius 2 is 0.717 bits per heavy atom. The second kappa shape index (κ2) is 15.2. The molecular weight excluding hydrogens is 725 g/mol. The third-order valence-corrected chi connectivity index (χ3v) is 12.0. The molecule has 10 aromatic carbocycles. The minimum atomic E-state index is 0.0343. The van der Waals surface area contributed by atoms with Gasteiger partial charge < -0.3 is 4.42 Å². The van der Waals surface area contributed by atoms with Crippen LogP contribution in [-0.4, -0.2) is 0 Å². The van der Waals surface area contributed by atoms with E-state index in [-0.39, 0.29) is 5.92 Å². The van der Waals surface area contributed by atoms with Crippen LogP contribution >= 0.6 is 0 Å². The molecule has 1 heterocycles. The van der Waals surface area contributed by atoms with Crippen molar-refractivity contribution in [2.45, 2.75) is 5.92 Å². The van der Waals surface area contributed by atoms with Crippen LogP contribution in [0.3, 0.4) is 0 Å². The maximum Gasteiger partial charge on any atom is 0.135 e. The zero-order valence-corrected chi connectivity index (χ0v) is 33.0. The number of hydrogen-bond acceptors (Lipinski definition) is 1. The van der Waals surface area contributed by atoms with Gasteiger partial charge in [-0.25, -0.2) is 0 Å². The highest BCUT2D eigenvalue weighted by Gasteiger charge is 2.19. The lowest BCUT2D eigenvalue weighted by Gasteiger charge is -2.21. The molecule has 1 aromatic heterocycles. The van der Waals surface area contributed by atoms with Crippen LogP contribution in [0.5, 0.6) is 0 Å². The minimum Gasteiger partial charge on any atom is -0.456 e. The number of rotatable bonds is 8. The Morgan fingerprint density at radius 3 is 1.43 bits per heavy atom. The molecule has 60 heavy (non-hydrogen) atoms. The first-order chi connectivity index (χ1) is 29.7. The first-order valence-corrected chi connectivity index (χ1v) is 20.7. The highest BCUT2D eigenvalue weighted by molar-refractivity contribution is 6.06. The monoisotopic (exact) mass is 764 g/mol. The molecule has 0 aliphatic heterocycles. The van der Waals surface area contributed by atoms with Gasteiger partial charge in [-0.15, -0.1) is 0 Å². The number of furan rings is 1. The Bertz CT molecular complexity index is 3280. The maximum absolute atomic E-state index is 6.10. The van der Waals surface area contributed by atoms with Gasteiger partial charge in [0.1, 0.15) is 11.2 Å². The van der Waals surface area contributed by atoms with E-state index in [2.05, 4.69) is 224 Å². The first kappa shape index (κ1) is 35.4. The zero-order valence-electron chi connectivity index (χ0n) is 33.0. The second-order valence-corrected chi connectivity index (χ2v) is 15.7. The van der Waals surface area contributed by atoms with Crippen LogP contribution in [-0.2, 0) is 0 Å². The summed E-state index contributed by atoms with van der Waals surface area (Å²) in [6.07, 6.45) is 0. The quantitative estimate of drug-likeness (QED) is 0.140. The van der Waals surface area contributed by atoms with Gasteiger partial charge in [0.2, 0.25) is 0 Å². The van der Waals surface area contributed by atoms with Crippen LogP contribution in [0.4, 0.5) is 0 Å². The fourth-order valence-electron chi connectivity index (χ4n) is 8.95. The van der Waals surface area contributed by atoms with E-state index in [0.29, 0.717) is 0 Å². The summed E-state index contributed by atoms with van der Waals surface area (Å²) in [5.74, 6) is 0.0343. The van der Waals surface area contributed by atoms with Crippen LogP contribution in [0.15, 0.2) is 241 Å². The molecule has 1 atom stereocenters. The summed E-state index contributed by atoms with van der Waals surface area (Å²) < 4.78 is 6.10. The molecule has 1 unspecified atom stereocenters. The Kier molecular flexibility index (Phi) is 8.98. The Balaban J connectivity index is 0.951. The fourth-order valence-corrected chi connectivity index (χ4v) is 8.95. The smallest absolute Gasteiger partial charge is 0.135 e. The van der Waals surface area contributed by atoms with E-state index in [1.165, 1.54) is 83.1 Å². The van der Waals surface area contributed by atoms with E-state index in [4.69, 9.17) is 4.42 Å². The molecule has 0 bridgehead atoms. The summed E-state index contributed by atoms with van der Waals surface area (Å²) >= 11 is 0. The molecule has 11 rings (SSSR count). The van der Waals surface area contributed by atoms with Gasteiger partial charge in [0.25, 0.3) is 0 Å². The summed E-state index contributed by atoms with van der Waals surface area (Å²) in [5.41, 5.74) is 17.7. The van der Waals surface area contributed by atoms with Crippen LogP contribution in [0.1, 0.15) is 22.6 Å². The lowest BCUT2D eigenvalue weighted by atomic mass is 9.83. The van der Waals surface area contributed by atoms with E-state index in [1.54, 1.807) is 0 Å². The largest absolute Gasteiger partial charge is 0.456 e. The highest BCUT2D eigenvalue weighted by atomic mass is 16.3. The summed E-state index contributed by atoms with van der Waals surface area (Å²) in [6.45, 7) is 0. The van der Waals surface area contributed by atoms with Crippen LogP contribution < -0.4 is 0 Å². The van der Waals surface area contributed by atoms with Crippen molar-refractivity contribution in [3.05, 3.63) is 253 Å². The van der Waals surface area contributed by atoms with Crippen molar-refractivity contribution in [1.82, 2.24) is 0 Å². The molecule has 0 aliphatic rings. The number of benzene rings is 10. The number of hydrogen-bond donors (Lipinski definition) is 0. The standard InChI is InChI=1S/C59H40O/c1-2-11-40(12-3-1)48-15-8-16-49(37-48)42-27-31-46(32-28-42)59(47-33-29-45(30-34-47)54-21-10-14-44-13-4-5-19-53(44)54)52-18-9-17-50(38-52)41-23-25-43(26-24-41)51-35-36-58-56(39-51)55-20-6-7-22-57(55)60-58/h1-39,59H. The normalized spacial score (nSPS) is 11.9. The zero-order chi connectivity index (χ0) is 39.8. The number of para-hydroxylation sites is 1. The van der Waals surface area contributed by atoms with Crippen LogP contribution in [0.2, 0.25) is 0 Å². The molecule has 1 heteroatoms. The van der Waals surface area contributed by atoms with Crippen molar-refractivity contribution >= 4 is 32.7 Å². The molecule has 0 fully saturated rings. The van der Waals surface area contributed by atoms with E-state index >= 15 is 0 Å². The predicted octanol–water partition coefficient (Wildman–Crippen LogP) is 16.3. The molecule has 0 N–H and O–H groups in total.